The molecular formula is C16H13Cl2NO3S. The van der Waals surface area contributed by atoms with Crippen LogP contribution in [0, 0.1) is 0 Å². The van der Waals surface area contributed by atoms with Gasteiger partial charge in [-0.3, -0.25) is 4.79 Å². The summed E-state index contributed by atoms with van der Waals surface area (Å²) in [4.78, 5) is 24.8. The highest BCUT2D eigenvalue weighted by Gasteiger charge is 2.14. The smallest absolute Gasteiger partial charge is 0.340 e. The summed E-state index contributed by atoms with van der Waals surface area (Å²) in [5, 5.41) is 3.29. The van der Waals surface area contributed by atoms with E-state index in [1.54, 1.807) is 6.07 Å². The van der Waals surface area contributed by atoms with Crippen LogP contribution >= 0.6 is 35.0 Å². The van der Waals surface area contributed by atoms with Crippen molar-refractivity contribution in [2.75, 3.05) is 18.2 Å². The van der Waals surface area contributed by atoms with E-state index in [0.29, 0.717) is 10.7 Å². The Hall–Kier alpha value is -1.69. The molecule has 0 saturated heterocycles. The van der Waals surface area contributed by atoms with Gasteiger partial charge in [-0.1, -0.05) is 35.3 Å². The second kappa shape index (κ2) is 8.24. The van der Waals surface area contributed by atoms with Crippen LogP contribution in [0.5, 0.6) is 0 Å². The van der Waals surface area contributed by atoms with Crippen molar-refractivity contribution in [1.29, 1.82) is 0 Å². The number of thioether (sulfide) groups is 1. The van der Waals surface area contributed by atoms with E-state index in [4.69, 9.17) is 27.9 Å². The van der Waals surface area contributed by atoms with Crippen molar-refractivity contribution in [3.63, 3.8) is 0 Å². The molecular weight excluding hydrogens is 357 g/mol. The maximum absolute atomic E-state index is 11.9. The molecule has 0 aliphatic rings. The predicted octanol–water partition coefficient (Wildman–Crippen LogP) is 4.51. The van der Waals surface area contributed by atoms with Gasteiger partial charge in [-0.25, -0.2) is 4.79 Å². The first-order valence-corrected chi connectivity index (χ1v) is 8.54. The van der Waals surface area contributed by atoms with Gasteiger partial charge in [-0.15, -0.1) is 11.8 Å². The van der Waals surface area contributed by atoms with Gasteiger partial charge < -0.3 is 10.1 Å². The maximum atomic E-state index is 11.9. The molecule has 0 fully saturated rings. The first-order chi connectivity index (χ1) is 11.0. The third kappa shape index (κ3) is 4.89. The van der Waals surface area contributed by atoms with Crippen molar-refractivity contribution in [2.45, 2.75) is 4.90 Å². The Kier molecular flexibility index (Phi) is 6.33. The third-order valence-corrected chi connectivity index (χ3v) is 4.21. The maximum Gasteiger partial charge on any atom is 0.340 e. The number of nitrogens with one attached hydrogen (secondary N) is 1. The number of halogens is 2. The van der Waals surface area contributed by atoms with Gasteiger partial charge in [0, 0.05) is 9.92 Å². The van der Waals surface area contributed by atoms with E-state index in [1.807, 2.05) is 24.5 Å². The van der Waals surface area contributed by atoms with E-state index in [1.165, 1.54) is 30.0 Å². The second-order valence-corrected chi connectivity index (χ2v) is 6.14. The Balaban J connectivity index is 1.95. The van der Waals surface area contributed by atoms with E-state index < -0.39 is 18.5 Å². The number of rotatable bonds is 5. The predicted molar refractivity (Wildman–Crippen MR) is 93.6 cm³/mol. The number of carbonyl (C=O) groups excluding carboxylic acids is 2. The summed E-state index contributed by atoms with van der Waals surface area (Å²) >= 11 is 13.2. The lowest BCUT2D eigenvalue weighted by Crippen LogP contribution is -2.21. The summed E-state index contributed by atoms with van der Waals surface area (Å²) in [5.74, 6) is -1.11. The van der Waals surface area contributed by atoms with Crippen LogP contribution in [0.4, 0.5) is 5.69 Å². The van der Waals surface area contributed by atoms with E-state index in [9.17, 15) is 9.59 Å². The number of hydrogen-bond donors (Lipinski definition) is 1. The molecule has 1 N–H and O–H groups in total. The number of para-hydroxylation sites is 1. The number of ether oxygens (including phenoxy) is 1. The minimum absolute atomic E-state index is 0.161. The summed E-state index contributed by atoms with van der Waals surface area (Å²) < 4.78 is 4.97. The fourth-order valence-corrected chi connectivity index (χ4v) is 2.84. The normalized spacial score (nSPS) is 10.2. The van der Waals surface area contributed by atoms with Gasteiger partial charge in [-0.2, -0.15) is 0 Å². The fraction of sp³-hybridized carbons (Fsp3) is 0.125. The number of anilines is 1. The lowest BCUT2D eigenvalue weighted by atomic mass is 10.2. The van der Waals surface area contributed by atoms with Crippen LogP contribution in [0.1, 0.15) is 10.4 Å². The number of esters is 1. The zero-order chi connectivity index (χ0) is 16.8. The molecule has 2 aromatic rings. The van der Waals surface area contributed by atoms with Crippen LogP contribution in [0.2, 0.25) is 10.0 Å². The summed E-state index contributed by atoms with van der Waals surface area (Å²) in [6.07, 6.45) is 1.91. The number of hydrogen-bond acceptors (Lipinski definition) is 4. The van der Waals surface area contributed by atoms with Gasteiger partial charge in [-0.05, 0) is 36.6 Å². The summed E-state index contributed by atoms with van der Waals surface area (Å²) in [5.41, 5.74) is 0.832. The largest absolute Gasteiger partial charge is 0.452 e. The minimum Gasteiger partial charge on any atom is -0.452 e. The molecule has 2 rings (SSSR count). The van der Waals surface area contributed by atoms with Crippen molar-refractivity contribution in [1.82, 2.24) is 0 Å². The van der Waals surface area contributed by atoms with Crippen molar-refractivity contribution in [3.05, 3.63) is 58.1 Å². The molecule has 0 bridgehead atoms. The second-order valence-electron chi connectivity index (χ2n) is 4.45. The van der Waals surface area contributed by atoms with Crippen molar-refractivity contribution in [2.24, 2.45) is 0 Å². The molecule has 23 heavy (non-hydrogen) atoms. The van der Waals surface area contributed by atoms with Crippen molar-refractivity contribution < 1.29 is 14.3 Å². The van der Waals surface area contributed by atoms with Gasteiger partial charge in [0.1, 0.15) is 0 Å². The molecule has 0 heterocycles. The standard InChI is InChI=1S/C16H13Cl2NO3S/c1-23-14-5-3-2-4-13(14)19-15(20)9-22-16(21)11-7-6-10(17)8-12(11)18/h2-8H,9H2,1H3,(H,19,20). The molecule has 4 nitrogen and oxygen atoms in total. The zero-order valence-corrected chi connectivity index (χ0v) is 14.5. The molecule has 0 aromatic heterocycles. The summed E-state index contributed by atoms with van der Waals surface area (Å²) in [7, 11) is 0. The number of benzene rings is 2. The van der Waals surface area contributed by atoms with Crippen LogP contribution in [0.3, 0.4) is 0 Å². The SMILES string of the molecule is CSc1ccccc1NC(=O)COC(=O)c1ccc(Cl)cc1Cl. The van der Waals surface area contributed by atoms with Gasteiger partial charge in [0.05, 0.1) is 16.3 Å². The third-order valence-electron chi connectivity index (χ3n) is 2.87. The minimum atomic E-state index is -0.681. The molecule has 2 aromatic carbocycles. The molecule has 0 unspecified atom stereocenters. The highest BCUT2D eigenvalue weighted by Crippen LogP contribution is 2.24. The topological polar surface area (TPSA) is 55.4 Å². The molecule has 7 heteroatoms. The first-order valence-electron chi connectivity index (χ1n) is 6.56. The molecule has 0 spiro atoms. The van der Waals surface area contributed by atoms with E-state index in [-0.39, 0.29) is 10.6 Å². The van der Waals surface area contributed by atoms with Crippen LogP contribution in [0.25, 0.3) is 0 Å². The van der Waals surface area contributed by atoms with Gasteiger partial charge >= 0.3 is 5.97 Å². The Morgan fingerprint density at radius 1 is 1.17 bits per heavy atom. The quantitative estimate of drug-likeness (QED) is 0.622. The summed E-state index contributed by atoms with van der Waals surface area (Å²) in [6.45, 7) is -0.402. The van der Waals surface area contributed by atoms with Crippen LogP contribution < -0.4 is 5.32 Å². The number of amides is 1. The average Bonchev–Trinajstić information content (AvgIpc) is 2.53. The van der Waals surface area contributed by atoms with E-state index >= 15 is 0 Å². The Labute approximate surface area is 148 Å². The molecule has 0 atom stereocenters. The summed E-state index contributed by atoms with van der Waals surface area (Å²) in [6, 6.07) is 11.8. The molecule has 0 aliphatic carbocycles. The lowest BCUT2D eigenvalue weighted by Gasteiger charge is -2.10. The molecule has 0 aliphatic heterocycles. The Morgan fingerprint density at radius 2 is 1.91 bits per heavy atom. The van der Waals surface area contributed by atoms with Crippen LogP contribution in [0.15, 0.2) is 47.4 Å². The molecule has 0 radical (unpaired) electrons. The monoisotopic (exact) mass is 369 g/mol. The highest BCUT2D eigenvalue weighted by molar-refractivity contribution is 7.98. The van der Waals surface area contributed by atoms with Gasteiger partial charge in [0.25, 0.3) is 5.91 Å². The number of carbonyl (C=O) groups is 2. The Bertz CT molecular complexity index is 737. The van der Waals surface area contributed by atoms with Crippen LogP contribution in [-0.2, 0) is 9.53 Å². The fourth-order valence-electron chi connectivity index (χ4n) is 1.80. The molecule has 120 valence electrons. The zero-order valence-electron chi connectivity index (χ0n) is 12.1. The lowest BCUT2D eigenvalue weighted by molar-refractivity contribution is -0.119. The molecule has 0 saturated carbocycles. The average molecular weight is 370 g/mol. The molecule has 1 amide bonds. The van der Waals surface area contributed by atoms with E-state index in [0.717, 1.165) is 4.90 Å². The van der Waals surface area contributed by atoms with E-state index in [2.05, 4.69) is 5.32 Å². The Morgan fingerprint density at radius 3 is 2.61 bits per heavy atom. The highest BCUT2D eigenvalue weighted by atomic mass is 35.5. The van der Waals surface area contributed by atoms with Crippen molar-refractivity contribution in [3.8, 4) is 0 Å². The van der Waals surface area contributed by atoms with Gasteiger partial charge in [0.15, 0.2) is 6.61 Å². The first kappa shape index (κ1) is 17.7. The van der Waals surface area contributed by atoms with Gasteiger partial charge in [0.2, 0.25) is 0 Å². The van der Waals surface area contributed by atoms with Crippen LogP contribution in [-0.4, -0.2) is 24.7 Å². The van der Waals surface area contributed by atoms with Crippen molar-refractivity contribution >= 4 is 52.5 Å².